The van der Waals surface area contributed by atoms with E-state index in [0.717, 1.165) is 63.5 Å². The summed E-state index contributed by atoms with van der Waals surface area (Å²) in [6.07, 6.45) is 13.3. The van der Waals surface area contributed by atoms with E-state index in [1.807, 2.05) is 0 Å². The lowest BCUT2D eigenvalue weighted by molar-refractivity contribution is -0.390. The van der Waals surface area contributed by atoms with Crippen LogP contribution in [0.2, 0.25) is 0 Å². The van der Waals surface area contributed by atoms with Gasteiger partial charge in [0.25, 0.3) is 23.2 Å². The molecule has 9 nitrogen and oxygen atoms in total. The van der Waals surface area contributed by atoms with Gasteiger partial charge in [-0.15, -0.1) is 0 Å². The predicted octanol–water partition coefficient (Wildman–Crippen LogP) is 7.59. The molecule has 37 heavy (non-hydrogen) atoms. The zero-order chi connectivity index (χ0) is 26.9. The highest BCUT2D eigenvalue weighted by atomic mass is 16.6. The summed E-state index contributed by atoms with van der Waals surface area (Å²) in [5, 5.41) is 23.0. The molecule has 0 radical (unpaired) electrons. The van der Waals surface area contributed by atoms with Crippen LogP contribution in [0.25, 0.3) is 10.8 Å². The first-order valence-corrected chi connectivity index (χ1v) is 13.6. The summed E-state index contributed by atoms with van der Waals surface area (Å²) in [6, 6.07) is 4.89. The fourth-order valence-corrected chi connectivity index (χ4v) is 5.33. The highest BCUT2D eigenvalue weighted by Crippen LogP contribution is 2.41. The van der Waals surface area contributed by atoms with Gasteiger partial charge in [0.15, 0.2) is 0 Å². The van der Waals surface area contributed by atoms with E-state index in [2.05, 4.69) is 13.8 Å². The molecule has 200 valence electrons. The number of hydrogen-bond acceptors (Lipinski definition) is 6. The average Bonchev–Trinajstić information content (AvgIpc) is 2.88. The van der Waals surface area contributed by atoms with Crippen molar-refractivity contribution in [1.29, 1.82) is 0 Å². The number of amides is 2. The number of nitro benzene ring substituents is 2. The molecule has 0 saturated heterocycles. The Balaban J connectivity index is 1.88. The maximum absolute atomic E-state index is 13.5. The lowest BCUT2D eigenvalue weighted by atomic mass is 9.89. The summed E-state index contributed by atoms with van der Waals surface area (Å²) in [5.41, 5.74) is -0.775. The van der Waals surface area contributed by atoms with Crippen molar-refractivity contribution in [2.24, 2.45) is 5.92 Å². The molecule has 0 fully saturated rings. The van der Waals surface area contributed by atoms with E-state index in [9.17, 15) is 29.8 Å². The van der Waals surface area contributed by atoms with Gasteiger partial charge < -0.3 is 0 Å². The molecule has 0 spiro atoms. The van der Waals surface area contributed by atoms with E-state index >= 15 is 0 Å². The number of hydrogen-bond donors (Lipinski definition) is 0. The van der Waals surface area contributed by atoms with Gasteiger partial charge >= 0.3 is 0 Å². The standard InChI is InChI=1S/C28H37N3O6/c1-3-5-7-9-10-12-14-20(13-11-8-6-4-2)19-29-27(32)21-15-17-23(30(34)35)26-24(31(36)37)18-16-22(25(21)26)28(29)33/h15-18,20H,3-14,19H2,1-2H3. The van der Waals surface area contributed by atoms with Crippen LogP contribution in [0.15, 0.2) is 24.3 Å². The minimum absolute atomic E-state index is 0.00469. The first kappa shape index (κ1) is 28.2. The molecule has 0 bridgehead atoms. The molecule has 0 aliphatic carbocycles. The van der Waals surface area contributed by atoms with Gasteiger partial charge in [0, 0.05) is 35.2 Å². The fourth-order valence-electron chi connectivity index (χ4n) is 5.33. The van der Waals surface area contributed by atoms with Gasteiger partial charge in [-0.05, 0) is 30.9 Å². The topological polar surface area (TPSA) is 124 Å². The molecule has 1 atom stereocenters. The third-order valence-corrected chi connectivity index (χ3v) is 7.33. The zero-order valence-electron chi connectivity index (χ0n) is 21.9. The van der Waals surface area contributed by atoms with Crippen molar-refractivity contribution in [3.63, 3.8) is 0 Å². The van der Waals surface area contributed by atoms with Crippen LogP contribution >= 0.6 is 0 Å². The molecule has 3 rings (SSSR count). The number of rotatable bonds is 16. The molecule has 1 aliphatic heterocycles. The zero-order valence-corrected chi connectivity index (χ0v) is 21.9. The molecule has 1 unspecified atom stereocenters. The van der Waals surface area contributed by atoms with E-state index < -0.39 is 33.0 Å². The highest BCUT2D eigenvalue weighted by molar-refractivity contribution is 6.27. The van der Waals surface area contributed by atoms with Crippen LogP contribution in [0.5, 0.6) is 0 Å². The summed E-state index contributed by atoms with van der Waals surface area (Å²) < 4.78 is 0. The van der Waals surface area contributed by atoms with Crippen molar-refractivity contribution >= 4 is 34.0 Å². The van der Waals surface area contributed by atoms with Crippen LogP contribution < -0.4 is 0 Å². The molecular formula is C28H37N3O6. The second-order valence-corrected chi connectivity index (χ2v) is 10.0. The summed E-state index contributed by atoms with van der Waals surface area (Å²) in [5.74, 6) is -0.914. The van der Waals surface area contributed by atoms with Crippen LogP contribution in [-0.2, 0) is 0 Å². The first-order chi connectivity index (χ1) is 17.8. The fraction of sp³-hybridized carbons (Fsp3) is 0.571. The van der Waals surface area contributed by atoms with Crippen molar-refractivity contribution < 1.29 is 19.4 Å². The summed E-state index contributed by atoms with van der Waals surface area (Å²) in [7, 11) is 0. The van der Waals surface area contributed by atoms with Crippen LogP contribution in [0, 0.1) is 26.1 Å². The van der Waals surface area contributed by atoms with Crippen molar-refractivity contribution in [2.45, 2.75) is 90.9 Å². The van der Waals surface area contributed by atoms with Crippen molar-refractivity contribution in [3.8, 4) is 0 Å². The Morgan fingerprint density at radius 1 is 0.676 bits per heavy atom. The number of imide groups is 1. The Labute approximate surface area is 217 Å². The number of carbonyl (C=O) groups is 2. The van der Waals surface area contributed by atoms with E-state index in [4.69, 9.17) is 0 Å². The minimum atomic E-state index is -0.718. The van der Waals surface area contributed by atoms with Crippen LogP contribution in [0.3, 0.4) is 0 Å². The lowest BCUT2D eigenvalue weighted by Crippen LogP contribution is -2.43. The number of benzene rings is 2. The number of carbonyl (C=O) groups excluding carboxylic acids is 2. The highest BCUT2D eigenvalue weighted by Gasteiger charge is 2.38. The van der Waals surface area contributed by atoms with E-state index in [-0.39, 0.29) is 34.4 Å². The Hall–Kier alpha value is -3.36. The molecule has 9 heteroatoms. The number of unbranched alkanes of at least 4 members (excludes halogenated alkanes) is 8. The second kappa shape index (κ2) is 13.3. The molecule has 0 aromatic heterocycles. The predicted molar refractivity (Wildman–Crippen MR) is 143 cm³/mol. The molecule has 1 heterocycles. The Bertz CT molecular complexity index is 1090. The largest absolute Gasteiger partial charge is 0.284 e. The molecule has 1 aliphatic rings. The number of non-ortho nitro benzene ring substituents is 2. The van der Waals surface area contributed by atoms with Gasteiger partial charge in [-0.3, -0.25) is 34.7 Å². The monoisotopic (exact) mass is 511 g/mol. The van der Waals surface area contributed by atoms with E-state index in [0.29, 0.717) is 0 Å². The molecule has 0 N–H and O–H groups in total. The maximum atomic E-state index is 13.5. The second-order valence-electron chi connectivity index (χ2n) is 10.0. The lowest BCUT2D eigenvalue weighted by Gasteiger charge is -2.30. The molecule has 2 aromatic carbocycles. The Morgan fingerprint density at radius 3 is 1.57 bits per heavy atom. The third kappa shape index (κ3) is 6.50. The average molecular weight is 512 g/mol. The van der Waals surface area contributed by atoms with Crippen LogP contribution in [0.4, 0.5) is 11.4 Å². The smallest absolute Gasteiger partial charge is 0.274 e. The van der Waals surface area contributed by atoms with Crippen molar-refractivity contribution in [2.75, 3.05) is 6.54 Å². The Kier molecular flexibility index (Phi) is 10.1. The van der Waals surface area contributed by atoms with Crippen LogP contribution in [0.1, 0.15) is 112 Å². The number of nitro groups is 2. The van der Waals surface area contributed by atoms with Gasteiger partial charge in [0.2, 0.25) is 0 Å². The third-order valence-electron chi connectivity index (χ3n) is 7.33. The van der Waals surface area contributed by atoms with Gasteiger partial charge in [-0.1, -0.05) is 78.1 Å². The molecule has 2 amide bonds. The van der Waals surface area contributed by atoms with E-state index in [1.165, 1.54) is 42.7 Å². The SMILES string of the molecule is CCCCCCCCC(CCCCCC)CN1C(=O)c2ccc([N+](=O)[O-])c3c([N+](=O)[O-])ccc(c23)C1=O. The maximum Gasteiger partial charge on any atom is 0.284 e. The normalized spacial score (nSPS) is 13.8. The van der Waals surface area contributed by atoms with Gasteiger partial charge in [-0.2, -0.15) is 0 Å². The summed E-state index contributed by atoms with van der Waals surface area (Å²) >= 11 is 0. The number of nitrogens with zero attached hydrogens (tertiary/aromatic N) is 3. The van der Waals surface area contributed by atoms with Crippen molar-refractivity contribution in [1.82, 2.24) is 4.90 Å². The molecular weight excluding hydrogens is 474 g/mol. The quantitative estimate of drug-likeness (QED) is 0.0989. The molecule has 0 saturated carbocycles. The van der Waals surface area contributed by atoms with Gasteiger partial charge in [0.05, 0.1) is 9.85 Å². The van der Waals surface area contributed by atoms with Gasteiger partial charge in [0.1, 0.15) is 5.39 Å². The summed E-state index contributed by atoms with van der Waals surface area (Å²) in [4.78, 5) is 50.1. The van der Waals surface area contributed by atoms with Gasteiger partial charge in [-0.25, -0.2) is 0 Å². The first-order valence-electron chi connectivity index (χ1n) is 13.6. The Morgan fingerprint density at radius 2 is 1.11 bits per heavy atom. The minimum Gasteiger partial charge on any atom is -0.274 e. The summed E-state index contributed by atoms with van der Waals surface area (Å²) in [6.45, 7) is 4.63. The van der Waals surface area contributed by atoms with E-state index in [1.54, 1.807) is 0 Å². The van der Waals surface area contributed by atoms with Crippen molar-refractivity contribution in [3.05, 3.63) is 55.6 Å². The van der Waals surface area contributed by atoms with Crippen LogP contribution in [-0.4, -0.2) is 33.1 Å². The molecule has 2 aromatic rings.